The van der Waals surface area contributed by atoms with Crippen molar-refractivity contribution in [2.45, 2.75) is 0 Å². The van der Waals surface area contributed by atoms with E-state index in [1.54, 1.807) is 29.7 Å². The second-order valence-electron chi connectivity index (χ2n) is 6.37. The van der Waals surface area contributed by atoms with E-state index in [4.69, 9.17) is 9.72 Å². The summed E-state index contributed by atoms with van der Waals surface area (Å²) in [5, 5.41) is 3.28. The number of hydrogen-bond donors (Lipinski definition) is 1. The summed E-state index contributed by atoms with van der Waals surface area (Å²) in [5.74, 6) is 1.11. The number of benzene rings is 2. The summed E-state index contributed by atoms with van der Waals surface area (Å²) in [5.41, 5.74) is 6.40. The van der Waals surface area contributed by atoms with Gasteiger partial charge in [0.05, 0.1) is 34.1 Å². The predicted molar refractivity (Wildman–Crippen MR) is 113 cm³/mol. The third-order valence-corrected chi connectivity index (χ3v) is 5.43. The van der Waals surface area contributed by atoms with E-state index < -0.39 is 0 Å². The van der Waals surface area contributed by atoms with Gasteiger partial charge in [0.15, 0.2) is 17.8 Å². The number of fused-ring (bicyclic) bond motifs is 2. The van der Waals surface area contributed by atoms with Crippen LogP contribution in [0.5, 0.6) is 5.75 Å². The van der Waals surface area contributed by atoms with E-state index in [0.717, 1.165) is 33.4 Å². The largest absolute Gasteiger partial charge is 0.496 e. The molecule has 29 heavy (non-hydrogen) atoms. The Kier molecular flexibility index (Phi) is 4.18. The van der Waals surface area contributed by atoms with E-state index in [-0.39, 0.29) is 0 Å². The van der Waals surface area contributed by atoms with E-state index in [0.29, 0.717) is 22.8 Å². The Hall–Kier alpha value is -3.78. The fraction of sp³-hybridized carbons (Fsp3) is 0.0476. The van der Waals surface area contributed by atoms with Crippen molar-refractivity contribution in [3.63, 3.8) is 0 Å². The van der Waals surface area contributed by atoms with Gasteiger partial charge in [0.2, 0.25) is 0 Å². The zero-order valence-electron chi connectivity index (χ0n) is 15.4. The molecule has 3 aromatic heterocycles. The fourth-order valence-corrected chi connectivity index (χ4v) is 3.87. The highest BCUT2D eigenvalue weighted by Crippen LogP contribution is 2.29. The second kappa shape index (κ2) is 6.99. The minimum atomic E-state index is 0.460. The number of carbonyl (C=O) groups excluding carboxylic acids is 1. The van der Waals surface area contributed by atoms with Crippen molar-refractivity contribution in [3.05, 3.63) is 66.1 Å². The Balaban J connectivity index is 1.60. The van der Waals surface area contributed by atoms with Crippen LogP contribution in [0.1, 0.15) is 10.4 Å². The molecule has 3 heterocycles. The van der Waals surface area contributed by atoms with Crippen molar-refractivity contribution < 1.29 is 9.53 Å². The first-order chi connectivity index (χ1) is 14.2. The molecule has 0 aliphatic rings. The lowest BCUT2D eigenvalue weighted by Gasteiger charge is -2.11. The minimum absolute atomic E-state index is 0.460. The molecule has 7 nitrogen and oxygen atoms in total. The number of nitrogens with one attached hydrogen (secondary N) is 1. The summed E-state index contributed by atoms with van der Waals surface area (Å²) in [7, 11) is 1.54. The third-order valence-electron chi connectivity index (χ3n) is 4.62. The van der Waals surface area contributed by atoms with E-state index in [2.05, 4.69) is 21.4 Å². The number of methoxy groups -OCH3 is 1. The zero-order chi connectivity index (χ0) is 19.8. The van der Waals surface area contributed by atoms with Crippen molar-refractivity contribution in [3.8, 4) is 17.0 Å². The van der Waals surface area contributed by atoms with Crippen LogP contribution in [0, 0.1) is 0 Å². The lowest BCUT2D eigenvalue weighted by atomic mass is 10.1. The molecule has 0 amide bonds. The first-order valence-electron chi connectivity index (χ1n) is 8.83. The number of rotatable bonds is 5. The van der Waals surface area contributed by atoms with Crippen LogP contribution in [-0.4, -0.2) is 32.7 Å². The molecule has 0 radical (unpaired) electrons. The molecule has 0 atom stereocenters. The maximum atomic E-state index is 11.3. The monoisotopic (exact) mass is 401 g/mol. The van der Waals surface area contributed by atoms with Crippen molar-refractivity contribution in [2.75, 3.05) is 12.4 Å². The van der Waals surface area contributed by atoms with Crippen molar-refractivity contribution in [2.24, 2.45) is 0 Å². The average molecular weight is 401 g/mol. The van der Waals surface area contributed by atoms with E-state index in [1.165, 1.54) is 7.11 Å². The minimum Gasteiger partial charge on any atom is -0.496 e. The summed E-state index contributed by atoms with van der Waals surface area (Å²) >= 11 is 1.61. The SMILES string of the molecule is COc1ccc(Nc2nc(-c3ccc4scnc4c3)cn3ccnc23)cc1C=O. The Labute approximate surface area is 169 Å². The van der Waals surface area contributed by atoms with Gasteiger partial charge in [0.1, 0.15) is 5.75 Å². The summed E-state index contributed by atoms with van der Waals surface area (Å²) in [6.07, 6.45) is 6.30. The number of anilines is 2. The lowest BCUT2D eigenvalue weighted by molar-refractivity contribution is 0.112. The highest BCUT2D eigenvalue weighted by molar-refractivity contribution is 7.16. The molecule has 0 fully saturated rings. The van der Waals surface area contributed by atoms with Gasteiger partial charge in [0, 0.05) is 29.8 Å². The molecule has 5 aromatic rings. The average Bonchev–Trinajstić information content (AvgIpc) is 3.42. The van der Waals surface area contributed by atoms with Gasteiger partial charge >= 0.3 is 0 Å². The Morgan fingerprint density at radius 1 is 1.17 bits per heavy atom. The van der Waals surface area contributed by atoms with Crippen LogP contribution in [0.3, 0.4) is 0 Å². The maximum absolute atomic E-state index is 11.3. The topological polar surface area (TPSA) is 81.4 Å². The first-order valence-corrected chi connectivity index (χ1v) is 9.71. The molecule has 0 spiro atoms. The first kappa shape index (κ1) is 17.3. The molecule has 0 saturated carbocycles. The van der Waals surface area contributed by atoms with E-state index >= 15 is 0 Å². The number of nitrogens with zero attached hydrogens (tertiary/aromatic N) is 4. The molecule has 0 bridgehead atoms. The molecule has 8 heteroatoms. The smallest absolute Gasteiger partial charge is 0.180 e. The van der Waals surface area contributed by atoms with Crippen molar-refractivity contribution >= 4 is 45.0 Å². The Morgan fingerprint density at radius 3 is 2.97 bits per heavy atom. The van der Waals surface area contributed by atoms with Crippen LogP contribution < -0.4 is 10.1 Å². The van der Waals surface area contributed by atoms with Crippen LogP contribution in [-0.2, 0) is 0 Å². The van der Waals surface area contributed by atoms with Crippen molar-refractivity contribution in [1.82, 2.24) is 19.4 Å². The Bertz CT molecular complexity index is 1360. The lowest BCUT2D eigenvalue weighted by Crippen LogP contribution is -2.01. The molecule has 0 saturated heterocycles. The predicted octanol–water partition coefficient (Wildman–Crippen LogP) is 4.57. The van der Waals surface area contributed by atoms with Crippen LogP contribution in [0.4, 0.5) is 11.5 Å². The number of carbonyl (C=O) groups is 1. The molecule has 2 aromatic carbocycles. The van der Waals surface area contributed by atoms with Crippen LogP contribution in [0.15, 0.2) is 60.5 Å². The zero-order valence-corrected chi connectivity index (χ0v) is 16.2. The van der Waals surface area contributed by atoms with Gasteiger partial charge < -0.3 is 14.5 Å². The molecule has 0 unspecified atom stereocenters. The van der Waals surface area contributed by atoms with Gasteiger partial charge in [-0.3, -0.25) is 4.79 Å². The molecule has 1 N–H and O–H groups in total. The van der Waals surface area contributed by atoms with Gasteiger partial charge in [-0.2, -0.15) is 0 Å². The van der Waals surface area contributed by atoms with E-state index in [1.807, 2.05) is 40.5 Å². The standard InChI is InChI=1S/C21H15N5O2S/c1-28-18-4-3-15(8-14(18)11-27)24-20-21-22-6-7-26(21)10-17(25-20)13-2-5-19-16(9-13)23-12-29-19/h2-12H,1H3,(H,24,25). The molecular weight excluding hydrogens is 386 g/mol. The molecule has 0 aliphatic carbocycles. The van der Waals surface area contributed by atoms with Gasteiger partial charge in [0.25, 0.3) is 0 Å². The molecule has 5 rings (SSSR count). The number of aromatic nitrogens is 4. The highest BCUT2D eigenvalue weighted by Gasteiger charge is 2.12. The van der Waals surface area contributed by atoms with Crippen LogP contribution in [0.25, 0.3) is 27.1 Å². The quantitative estimate of drug-likeness (QED) is 0.435. The molecule has 0 aliphatic heterocycles. The van der Waals surface area contributed by atoms with Crippen molar-refractivity contribution in [1.29, 1.82) is 0 Å². The summed E-state index contributed by atoms with van der Waals surface area (Å²) < 4.78 is 8.26. The van der Waals surface area contributed by atoms with Gasteiger partial charge in [-0.15, -0.1) is 11.3 Å². The summed E-state index contributed by atoms with van der Waals surface area (Å²) in [6, 6.07) is 11.4. The van der Waals surface area contributed by atoms with Gasteiger partial charge in [-0.1, -0.05) is 6.07 Å². The van der Waals surface area contributed by atoms with Crippen LogP contribution >= 0.6 is 11.3 Å². The fourth-order valence-electron chi connectivity index (χ4n) is 3.21. The third kappa shape index (κ3) is 3.09. The number of thiazole rings is 1. The number of aldehydes is 1. The van der Waals surface area contributed by atoms with E-state index in [9.17, 15) is 4.79 Å². The summed E-state index contributed by atoms with van der Waals surface area (Å²) in [6.45, 7) is 0. The summed E-state index contributed by atoms with van der Waals surface area (Å²) in [4.78, 5) is 24.9. The van der Waals surface area contributed by atoms with Gasteiger partial charge in [-0.05, 0) is 30.3 Å². The Morgan fingerprint density at radius 2 is 2.10 bits per heavy atom. The normalized spacial score (nSPS) is 11.1. The molecular formula is C21H15N5O2S. The number of imidazole rings is 1. The maximum Gasteiger partial charge on any atom is 0.180 e. The second-order valence-corrected chi connectivity index (χ2v) is 7.25. The molecule has 142 valence electrons. The van der Waals surface area contributed by atoms with Gasteiger partial charge in [-0.25, -0.2) is 15.0 Å². The number of hydrogen-bond acceptors (Lipinski definition) is 7. The van der Waals surface area contributed by atoms with Crippen LogP contribution in [0.2, 0.25) is 0 Å². The number of ether oxygens (including phenoxy) is 1. The highest BCUT2D eigenvalue weighted by atomic mass is 32.1.